The van der Waals surface area contributed by atoms with Crippen molar-refractivity contribution in [3.63, 3.8) is 0 Å². The van der Waals surface area contributed by atoms with Crippen molar-refractivity contribution < 1.29 is 0 Å². The maximum atomic E-state index is 4.68. The Morgan fingerprint density at radius 2 is 2.04 bits per heavy atom. The van der Waals surface area contributed by atoms with Crippen molar-refractivity contribution in [2.45, 2.75) is 33.4 Å². The first-order valence-electron chi connectivity index (χ1n) is 8.74. The largest absolute Gasteiger partial charge is 0.354 e. The lowest BCUT2D eigenvalue weighted by molar-refractivity contribution is 0.471. The number of benzene rings is 1. The first kappa shape index (κ1) is 23.6. The summed E-state index contributed by atoms with van der Waals surface area (Å²) in [6.07, 6.45) is 2.65. The molecule has 0 aliphatic rings. The van der Waals surface area contributed by atoms with Crippen LogP contribution >= 0.6 is 39.9 Å². The van der Waals surface area contributed by atoms with E-state index in [1.165, 1.54) is 5.56 Å². The molecule has 0 radical (unpaired) electrons. The minimum Gasteiger partial charge on any atom is -0.354 e. The summed E-state index contributed by atoms with van der Waals surface area (Å²) in [6.45, 7) is 11.0. The van der Waals surface area contributed by atoms with Crippen LogP contribution in [0.25, 0.3) is 0 Å². The molecule has 0 amide bonds. The van der Waals surface area contributed by atoms with Crippen LogP contribution in [0, 0.1) is 0 Å². The fourth-order valence-corrected chi connectivity index (χ4v) is 2.75. The smallest absolute Gasteiger partial charge is 0.194 e. The zero-order valence-electron chi connectivity index (χ0n) is 16.2. The van der Waals surface area contributed by atoms with Crippen LogP contribution in [0.15, 0.2) is 52.2 Å². The van der Waals surface area contributed by atoms with E-state index in [1.807, 2.05) is 14.0 Å². The van der Waals surface area contributed by atoms with Gasteiger partial charge in [0.2, 0.25) is 0 Å². The average molecular weight is 547 g/mol. The van der Waals surface area contributed by atoms with Crippen molar-refractivity contribution in [1.82, 2.24) is 25.0 Å². The first-order valence-corrected chi connectivity index (χ1v) is 9.53. The molecule has 0 spiro atoms. The number of guanidine groups is 1. The molecule has 0 atom stereocenters. The number of nitrogens with zero attached hydrogens (tertiary/aromatic N) is 5. The van der Waals surface area contributed by atoms with E-state index in [0.29, 0.717) is 6.54 Å². The first-order chi connectivity index (χ1) is 12.5. The molecule has 0 saturated carbocycles. The molecule has 0 saturated heterocycles. The topological polar surface area (TPSA) is 58.3 Å². The maximum absolute atomic E-state index is 4.68. The summed E-state index contributed by atoms with van der Waals surface area (Å²) in [7, 11) is 2.04. The summed E-state index contributed by atoms with van der Waals surface area (Å²) in [4.78, 5) is 6.80. The van der Waals surface area contributed by atoms with Crippen LogP contribution < -0.4 is 5.32 Å². The van der Waals surface area contributed by atoms with Crippen molar-refractivity contribution in [3.8, 4) is 0 Å². The summed E-state index contributed by atoms with van der Waals surface area (Å²) in [5.41, 5.74) is 2.26. The highest BCUT2D eigenvalue weighted by Crippen LogP contribution is 2.12. The van der Waals surface area contributed by atoms with E-state index in [4.69, 9.17) is 0 Å². The lowest BCUT2D eigenvalue weighted by Gasteiger charge is -2.23. The second kappa shape index (κ2) is 12.1. The highest BCUT2D eigenvalue weighted by atomic mass is 127. The lowest BCUT2D eigenvalue weighted by atomic mass is 10.2. The number of hydrogen-bond acceptors (Lipinski definition) is 3. The summed E-state index contributed by atoms with van der Waals surface area (Å²) in [6, 6.07) is 8.34. The van der Waals surface area contributed by atoms with Crippen molar-refractivity contribution in [2.75, 3.05) is 20.1 Å². The molecule has 1 aromatic heterocycles. The lowest BCUT2D eigenvalue weighted by Crippen LogP contribution is -2.40. The average Bonchev–Trinajstić information content (AvgIpc) is 3.07. The Labute approximate surface area is 187 Å². The van der Waals surface area contributed by atoms with Gasteiger partial charge >= 0.3 is 0 Å². The zero-order chi connectivity index (χ0) is 18.9. The van der Waals surface area contributed by atoms with Gasteiger partial charge in [-0.3, -0.25) is 0 Å². The predicted octanol–water partition coefficient (Wildman–Crippen LogP) is 3.87. The Balaban J connectivity index is 0.00000364. The van der Waals surface area contributed by atoms with Gasteiger partial charge in [0.1, 0.15) is 12.2 Å². The van der Waals surface area contributed by atoms with E-state index in [9.17, 15) is 0 Å². The molecule has 0 bridgehead atoms. The van der Waals surface area contributed by atoms with Crippen molar-refractivity contribution >= 4 is 45.9 Å². The van der Waals surface area contributed by atoms with Crippen LogP contribution in [0.2, 0.25) is 0 Å². The third-order valence-electron chi connectivity index (χ3n) is 3.84. The quantitative estimate of drug-likeness (QED) is 0.236. The fraction of sp³-hybridized carbons (Fsp3) is 0.421. The Morgan fingerprint density at radius 3 is 2.67 bits per heavy atom. The molecule has 6 nitrogen and oxygen atoms in total. The van der Waals surface area contributed by atoms with Gasteiger partial charge in [-0.2, -0.15) is 0 Å². The molecule has 8 heteroatoms. The van der Waals surface area contributed by atoms with Gasteiger partial charge in [0.15, 0.2) is 5.96 Å². The van der Waals surface area contributed by atoms with Crippen LogP contribution in [0.3, 0.4) is 0 Å². The normalized spacial score (nSPS) is 11.0. The predicted molar refractivity (Wildman–Crippen MR) is 126 cm³/mol. The minimum atomic E-state index is 0. The summed E-state index contributed by atoms with van der Waals surface area (Å²) < 4.78 is 3.15. The van der Waals surface area contributed by atoms with E-state index in [0.717, 1.165) is 47.9 Å². The van der Waals surface area contributed by atoms with E-state index < -0.39 is 0 Å². The van der Waals surface area contributed by atoms with Gasteiger partial charge in [-0.1, -0.05) is 47.1 Å². The molecule has 1 N–H and O–H groups in total. The standard InChI is InChI=1S/C19H27BrN6.HI/c1-5-18-24-23-14-26(18)11-10-21-19(22-12-15(2)3)25(4)13-16-6-8-17(20)9-7-16;/h6-9,14H,2,5,10-13H2,1,3-4H3,(H,21,22);1H. The number of aryl methyl sites for hydroxylation is 1. The van der Waals surface area contributed by atoms with E-state index in [1.54, 1.807) is 6.33 Å². The maximum Gasteiger partial charge on any atom is 0.194 e. The monoisotopic (exact) mass is 546 g/mol. The number of rotatable bonds is 8. The van der Waals surface area contributed by atoms with Gasteiger partial charge in [0.25, 0.3) is 0 Å². The summed E-state index contributed by atoms with van der Waals surface area (Å²) >= 11 is 3.47. The van der Waals surface area contributed by atoms with Crippen LogP contribution in [0.1, 0.15) is 25.2 Å². The van der Waals surface area contributed by atoms with Crippen LogP contribution in [0.5, 0.6) is 0 Å². The second-order valence-electron chi connectivity index (χ2n) is 6.30. The summed E-state index contributed by atoms with van der Waals surface area (Å²) in [5, 5.41) is 11.5. The number of aliphatic imine (C=N–C) groups is 1. The van der Waals surface area contributed by atoms with Crippen LogP contribution in [-0.2, 0) is 19.5 Å². The van der Waals surface area contributed by atoms with Crippen LogP contribution in [0.4, 0.5) is 0 Å². The fourth-order valence-electron chi connectivity index (χ4n) is 2.49. The number of nitrogens with one attached hydrogen (secondary N) is 1. The molecule has 2 rings (SSSR count). The minimum absolute atomic E-state index is 0. The van der Waals surface area contributed by atoms with E-state index in [-0.39, 0.29) is 24.0 Å². The molecule has 1 aromatic carbocycles. The Bertz CT molecular complexity index is 741. The highest BCUT2D eigenvalue weighted by Gasteiger charge is 2.08. The molecule has 0 unspecified atom stereocenters. The Hall–Kier alpha value is -1.42. The van der Waals surface area contributed by atoms with Gasteiger partial charge < -0.3 is 14.8 Å². The molecule has 0 aliphatic heterocycles. The summed E-state index contributed by atoms with van der Waals surface area (Å²) in [5.74, 6) is 1.86. The Morgan fingerprint density at radius 1 is 1.33 bits per heavy atom. The van der Waals surface area contributed by atoms with Crippen molar-refractivity contribution in [3.05, 3.63) is 58.6 Å². The van der Waals surface area contributed by atoms with Gasteiger partial charge in [0.05, 0.1) is 6.54 Å². The number of aromatic nitrogens is 3. The third kappa shape index (κ3) is 8.00. The van der Waals surface area contributed by atoms with Gasteiger partial charge in [-0.25, -0.2) is 4.99 Å². The van der Waals surface area contributed by atoms with Gasteiger partial charge in [0, 0.05) is 37.6 Å². The molecule has 1 heterocycles. The molecule has 0 fully saturated rings. The molecular weight excluding hydrogens is 519 g/mol. The van der Waals surface area contributed by atoms with Crippen molar-refractivity contribution in [2.24, 2.45) is 4.99 Å². The van der Waals surface area contributed by atoms with Gasteiger partial charge in [-0.15, -0.1) is 34.2 Å². The molecule has 148 valence electrons. The van der Waals surface area contributed by atoms with Gasteiger partial charge in [-0.05, 0) is 24.6 Å². The second-order valence-corrected chi connectivity index (χ2v) is 7.22. The highest BCUT2D eigenvalue weighted by molar-refractivity contribution is 14.0. The molecule has 27 heavy (non-hydrogen) atoms. The molecule has 2 aromatic rings. The number of hydrogen-bond donors (Lipinski definition) is 1. The Kier molecular flexibility index (Phi) is 10.6. The zero-order valence-corrected chi connectivity index (χ0v) is 20.1. The van der Waals surface area contributed by atoms with Crippen molar-refractivity contribution in [1.29, 1.82) is 0 Å². The molecule has 0 aliphatic carbocycles. The van der Waals surface area contributed by atoms with E-state index >= 15 is 0 Å². The van der Waals surface area contributed by atoms with E-state index in [2.05, 4.69) is 83.7 Å². The van der Waals surface area contributed by atoms with Crippen LogP contribution in [-0.4, -0.2) is 45.8 Å². The number of halogens is 2. The third-order valence-corrected chi connectivity index (χ3v) is 4.37. The SMILES string of the molecule is C=C(C)CN=C(NCCn1cnnc1CC)N(C)Cc1ccc(Br)cc1.I. The molecular formula is C19H28BrIN6.